The van der Waals surface area contributed by atoms with E-state index >= 15 is 0 Å². The van der Waals surface area contributed by atoms with Crippen molar-refractivity contribution in [2.45, 2.75) is 6.04 Å². The molecule has 9 heteroatoms. The number of ether oxygens (including phenoxy) is 1. The van der Waals surface area contributed by atoms with Crippen molar-refractivity contribution in [3.05, 3.63) is 89.5 Å². The molecule has 1 aromatic heterocycles. The summed E-state index contributed by atoms with van der Waals surface area (Å²) in [7, 11) is 0. The number of ketones is 1. The molecule has 3 aromatic rings. The number of carbonyl (C=O) groups excluding carboxylic acids is 2. The summed E-state index contributed by atoms with van der Waals surface area (Å²) >= 11 is 1.21. The summed E-state index contributed by atoms with van der Waals surface area (Å²) in [6.07, 6.45) is 3.16. The Morgan fingerprint density at radius 2 is 1.91 bits per heavy atom. The number of benzene rings is 2. The summed E-state index contributed by atoms with van der Waals surface area (Å²) in [6, 6.07) is 12.2. The van der Waals surface area contributed by atoms with E-state index in [1.165, 1.54) is 22.4 Å². The predicted octanol–water partition coefficient (Wildman–Crippen LogP) is 4.14. The molecule has 0 bridgehead atoms. The Balaban J connectivity index is 1.82. The van der Waals surface area contributed by atoms with E-state index in [4.69, 9.17) is 9.94 Å². The van der Waals surface area contributed by atoms with Gasteiger partial charge >= 0.3 is 5.91 Å². The van der Waals surface area contributed by atoms with Gasteiger partial charge in [0, 0.05) is 17.1 Å². The van der Waals surface area contributed by atoms with Crippen LogP contribution in [0.25, 0.3) is 5.76 Å². The van der Waals surface area contributed by atoms with Crippen LogP contribution in [0.4, 0.5) is 10.8 Å². The summed E-state index contributed by atoms with van der Waals surface area (Å²) in [4.78, 5) is 31.4. The Hall–Kier alpha value is -3.95. The van der Waals surface area contributed by atoms with Crippen molar-refractivity contribution in [3.63, 3.8) is 0 Å². The number of thiazole rings is 1. The van der Waals surface area contributed by atoms with E-state index in [9.17, 15) is 14.7 Å². The molecule has 1 atom stereocenters. The Morgan fingerprint density at radius 3 is 2.50 bits per heavy atom. The maximum atomic E-state index is 13.0. The largest absolute Gasteiger partial charge is 0.507 e. The molecule has 1 fully saturated rings. The number of aromatic nitrogens is 1. The van der Waals surface area contributed by atoms with Crippen molar-refractivity contribution in [2.75, 3.05) is 17.0 Å². The van der Waals surface area contributed by atoms with Gasteiger partial charge in [-0.25, -0.2) is 4.98 Å². The molecule has 3 N–H and O–H groups in total. The van der Waals surface area contributed by atoms with Gasteiger partial charge < -0.3 is 9.84 Å². The van der Waals surface area contributed by atoms with Gasteiger partial charge in [-0.05, 0) is 42.0 Å². The first-order valence-electron chi connectivity index (χ1n) is 9.60. The van der Waals surface area contributed by atoms with E-state index in [2.05, 4.69) is 11.6 Å². The third-order valence-electron chi connectivity index (χ3n) is 4.92. The lowest BCUT2D eigenvalue weighted by molar-refractivity contribution is -0.132. The summed E-state index contributed by atoms with van der Waals surface area (Å²) in [5.74, 6) is -1.30. The van der Waals surface area contributed by atoms with Gasteiger partial charge in [0.15, 0.2) is 5.13 Å². The number of nitrogens with one attached hydrogen (secondary N) is 1. The lowest BCUT2D eigenvalue weighted by Crippen LogP contribution is -2.29. The van der Waals surface area contributed by atoms with Crippen LogP contribution >= 0.6 is 11.3 Å². The normalized spacial score (nSPS) is 17.4. The van der Waals surface area contributed by atoms with Crippen LogP contribution in [0.5, 0.6) is 5.75 Å². The average Bonchev–Trinajstić information content (AvgIpc) is 3.44. The molecular weight excluding hydrogens is 430 g/mol. The molecule has 1 amide bonds. The quantitative estimate of drug-likeness (QED) is 0.163. The fraction of sp³-hybridized carbons (Fsp3) is 0.0870. The number of amides is 1. The van der Waals surface area contributed by atoms with Crippen molar-refractivity contribution in [1.29, 1.82) is 0 Å². The van der Waals surface area contributed by atoms with Crippen LogP contribution in [0.1, 0.15) is 17.2 Å². The fourth-order valence-corrected chi connectivity index (χ4v) is 4.11. The van der Waals surface area contributed by atoms with Gasteiger partial charge in [0.1, 0.15) is 18.1 Å². The molecule has 8 nitrogen and oxygen atoms in total. The van der Waals surface area contributed by atoms with E-state index in [1.54, 1.807) is 60.0 Å². The van der Waals surface area contributed by atoms with Crippen LogP contribution in [0.15, 0.2) is 78.3 Å². The lowest BCUT2D eigenvalue weighted by Gasteiger charge is -2.23. The molecule has 162 valence electrons. The molecule has 0 aliphatic carbocycles. The number of rotatable bonds is 7. The van der Waals surface area contributed by atoms with Crippen molar-refractivity contribution in [2.24, 2.45) is 0 Å². The van der Waals surface area contributed by atoms with Crippen LogP contribution in [-0.2, 0) is 9.59 Å². The van der Waals surface area contributed by atoms with E-state index in [-0.39, 0.29) is 11.3 Å². The fourth-order valence-electron chi connectivity index (χ4n) is 3.44. The summed E-state index contributed by atoms with van der Waals surface area (Å²) in [5.41, 5.74) is 3.38. The van der Waals surface area contributed by atoms with Crippen LogP contribution in [0.2, 0.25) is 0 Å². The zero-order chi connectivity index (χ0) is 22.7. The third kappa shape index (κ3) is 3.86. The standard InChI is InChI=1S/C23H19N3O5S/c1-2-12-31-17-9-5-15(6-10-17)20(27)18-19(14-3-7-16(25-30)8-4-14)26(22(29)21(18)28)23-24-11-13-32-23/h2-11,13,19,25,27,30H,1,12H2/b20-18+. The van der Waals surface area contributed by atoms with Crippen molar-refractivity contribution in [1.82, 2.24) is 4.98 Å². The molecule has 1 saturated heterocycles. The number of carbonyl (C=O) groups is 2. The maximum absolute atomic E-state index is 13.0. The third-order valence-corrected chi connectivity index (χ3v) is 5.69. The highest BCUT2D eigenvalue weighted by molar-refractivity contribution is 7.14. The van der Waals surface area contributed by atoms with Gasteiger partial charge in [-0.3, -0.25) is 25.2 Å². The molecule has 1 aliphatic rings. The maximum Gasteiger partial charge on any atom is 0.301 e. The Morgan fingerprint density at radius 1 is 1.19 bits per heavy atom. The summed E-state index contributed by atoms with van der Waals surface area (Å²) in [6.45, 7) is 3.93. The summed E-state index contributed by atoms with van der Waals surface area (Å²) in [5, 5.41) is 22.2. The second kappa shape index (κ2) is 9.04. The topological polar surface area (TPSA) is 112 Å². The molecule has 4 rings (SSSR count). The molecule has 0 radical (unpaired) electrons. The van der Waals surface area contributed by atoms with Crippen LogP contribution in [0.3, 0.4) is 0 Å². The first-order valence-corrected chi connectivity index (χ1v) is 10.5. The second-order valence-electron chi connectivity index (χ2n) is 6.84. The van der Waals surface area contributed by atoms with Crippen molar-refractivity contribution in [3.8, 4) is 5.75 Å². The highest BCUT2D eigenvalue weighted by Crippen LogP contribution is 2.42. The Labute approximate surface area is 187 Å². The van der Waals surface area contributed by atoms with Crippen molar-refractivity contribution < 1.29 is 24.6 Å². The van der Waals surface area contributed by atoms with Crippen LogP contribution in [-0.4, -0.2) is 33.6 Å². The molecule has 0 spiro atoms. The minimum absolute atomic E-state index is 0.0466. The van der Waals surface area contributed by atoms with Gasteiger partial charge in [0.25, 0.3) is 5.78 Å². The highest BCUT2D eigenvalue weighted by atomic mass is 32.1. The molecule has 2 heterocycles. The first-order chi connectivity index (χ1) is 15.5. The summed E-state index contributed by atoms with van der Waals surface area (Å²) < 4.78 is 5.45. The molecule has 1 aliphatic heterocycles. The number of hydrogen-bond acceptors (Lipinski definition) is 8. The minimum atomic E-state index is -0.884. The number of aliphatic hydroxyl groups excluding tert-OH is 1. The molecule has 2 aromatic carbocycles. The van der Waals surface area contributed by atoms with Gasteiger partial charge in [0.05, 0.1) is 17.3 Å². The number of Topliss-reactive ketones (excluding diaryl/α,β-unsaturated/α-hetero) is 1. The highest BCUT2D eigenvalue weighted by Gasteiger charge is 2.47. The number of anilines is 2. The Bertz CT molecular complexity index is 1170. The van der Waals surface area contributed by atoms with Gasteiger partial charge in [-0.15, -0.1) is 11.3 Å². The van der Waals surface area contributed by atoms with E-state index < -0.39 is 17.7 Å². The number of hydrogen-bond donors (Lipinski definition) is 3. The number of aliphatic hydroxyl groups is 1. The van der Waals surface area contributed by atoms with Crippen LogP contribution < -0.4 is 15.1 Å². The lowest BCUT2D eigenvalue weighted by atomic mass is 9.95. The van der Waals surface area contributed by atoms with Crippen LogP contribution in [0, 0.1) is 0 Å². The van der Waals surface area contributed by atoms with Gasteiger partial charge in [0.2, 0.25) is 0 Å². The van der Waals surface area contributed by atoms with Crippen molar-refractivity contribution >= 4 is 39.6 Å². The van der Waals surface area contributed by atoms with E-state index in [0.717, 1.165) is 0 Å². The smallest absolute Gasteiger partial charge is 0.301 e. The monoisotopic (exact) mass is 449 g/mol. The SMILES string of the molecule is C=CCOc1ccc(/C(O)=C2\C(=O)C(=O)N(c3nccs3)C2c2ccc(NO)cc2)cc1. The number of nitrogens with zero attached hydrogens (tertiary/aromatic N) is 2. The second-order valence-corrected chi connectivity index (χ2v) is 7.71. The van der Waals surface area contributed by atoms with E-state index in [0.29, 0.717) is 34.3 Å². The zero-order valence-corrected chi connectivity index (χ0v) is 17.6. The molecule has 32 heavy (non-hydrogen) atoms. The Kier molecular flexibility index (Phi) is 6.02. The molecule has 0 saturated carbocycles. The molecule has 1 unspecified atom stereocenters. The first kappa shape index (κ1) is 21.3. The average molecular weight is 449 g/mol. The van der Waals surface area contributed by atoms with Gasteiger partial charge in [-0.1, -0.05) is 24.8 Å². The predicted molar refractivity (Wildman–Crippen MR) is 121 cm³/mol. The zero-order valence-electron chi connectivity index (χ0n) is 16.8. The van der Waals surface area contributed by atoms with E-state index in [1.807, 2.05) is 5.48 Å². The molecular formula is C23H19N3O5S. The minimum Gasteiger partial charge on any atom is -0.507 e. The van der Waals surface area contributed by atoms with Gasteiger partial charge in [-0.2, -0.15) is 0 Å².